The first kappa shape index (κ1) is 20.9. The summed E-state index contributed by atoms with van der Waals surface area (Å²) in [4.78, 5) is 31.7. The number of imide groups is 1. The molecule has 1 aliphatic heterocycles. The van der Waals surface area contributed by atoms with Crippen molar-refractivity contribution in [3.63, 3.8) is 0 Å². The number of methoxy groups -OCH3 is 1. The van der Waals surface area contributed by atoms with Gasteiger partial charge in [-0.1, -0.05) is 35.3 Å². The summed E-state index contributed by atoms with van der Waals surface area (Å²) >= 11 is 12.2. The molecule has 0 spiro atoms. The third-order valence-corrected chi connectivity index (χ3v) is 5.36. The number of hydrogen-bond donors (Lipinski definition) is 1. The van der Waals surface area contributed by atoms with Gasteiger partial charge in [0.05, 0.1) is 24.3 Å². The Hall–Kier alpha value is -3.35. The van der Waals surface area contributed by atoms with Gasteiger partial charge in [-0.05, 0) is 53.6 Å². The Kier molecular flexibility index (Phi) is 5.93. The van der Waals surface area contributed by atoms with Gasteiger partial charge in [0.2, 0.25) is 0 Å². The first-order valence-corrected chi connectivity index (χ1v) is 10.1. The second-order valence-corrected chi connectivity index (χ2v) is 7.63. The maximum atomic E-state index is 13.3. The minimum Gasteiger partial charge on any atom is -0.495 e. The minimum absolute atomic E-state index is 0.131. The second kappa shape index (κ2) is 8.79. The van der Waals surface area contributed by atoms with Gasteiger partial charge in [-0.3, -0.25) is 19.5 Å². The predicted octanol–water partition coefficient (Wildman–Crippen LogP) is 4.79. The van der Waals surface area contributed by atoms with Crippen molar-refractivity contribution in [1.82, 2.24) is 9.88 Å². The van der Waals surface area contributed by atoms with Gasteiger partial charge < -0.3 is 10.1 Å². The van der Waals surface area contributed by atoms with Crippen LogP contribution in [0.2, 0.25) is 10.0 Å². The van der Waals surface area contributed by atoms with Crippen LogP contribution < -0.4 is 10.1 Å². The van der Waals surface area contributed by atoms with Crippen molar-refractivity contribution in [2.24, 2.45) is 0 Å². The van der Waals surface area contributed by atoms with Crippen molar-refractivity contribution in [2.45, 2.75) is 6.54 Å². The molecule has 6 nitrogen and oxygen atoms in total. The Morgan fingerprint density at radius 1 is 0.968 bits per heavy atom. The number of pyridine rings is 1. The number of aromatic nitrogens is 1. The second-order valence-electron chi connectivity index (χ2n) is 6.78. The molecule has 1 N–H and O–H groups in total. The first-order valence-electron chi connectivity index (χ1n) is 9.34. The molecule has 3 aromatic rings. The summed E-state index contributed by atoms with van der Waals surface area (Å²) in [7, 11) is 1.52. The number of carbonyl (C=O) groups excluding carboxylic acids is 2. The van der Waals surface area contributed by atoms with Crippen LogP contribution >= 0.6 is 23.2 Å². The quantitative estimate of drug-likeness (QED) is 0.543. The van der Waals surface area contributed by atoms with E-state index in [4.69, 9.17) is 27.9 Å². The van der Waals surface area contributed by atoms with E-state index in [9.17, 15) is 9.59 Å². The summed E-state index contributed by atoms with van der Waals surface area (Å²) in [5.41, 5.74) is 2.37. The molecule has 2 heterocycles. The van der Waals surface area contributed by atoms with Gasteiger partial charge in [0, 0.05) is 23.1 Å². The van der Waals surface area contributed by atoms with E-state index in [1.807, 2.05) is 0 Å². The third kappa shape index (κ3) is 4.26. The molecule has 0 saturated carbocycles. The third-order valence-electron chi connectivity index (χ3n) is 4.81. The fraction of sp³-hybridized carbons (Fsp3) is 0.0870. The van der Waals surface area contributed by atoms with Gasteiger partial charge in [-0.15, -0.1) is 0 Å². The summed E-state index contributed by atoms with van der Waals surface area (Å²) in [6.45, 7) is 0.131. The summed E-state index contributed by atoms with van der Waals surface area (Å²) in [5, 5.41) is 3.99. The van der Waals surface area contributed by atoms with Gasteiger partial charge >= 0.3 is 0 Å². The maximum Gasteiger partial charge on any atom is 0.278 e. The zero-order valence-electron chi connectivity index (χ0n) is 16.4. The Bertz CT molecular complexity index is 1180. The van der Waals surface area contributed by atoms with E-state index >= 15 is 0 Å². The number of amides is 2. The summed E-state index contributed by atoms with van der Waals surface area (Å²) in [6, 6.07) is 15.3. The van der Waals surface area contributed by atoms with Gasteiger partial charge in [-0.25, -0.2) is 0 Å². The number of halogens is 2. The number of anilines is 1. The van der Waals surface area contributed by atoms with Crippen LogP contribution in [-0.2, 0) is 16.1 Å². The van der Waals surface area contributed by atoms with Crippen LogP contribution in [0.5, 0.6) is 5.75 Å². The van der Waals surface area contributed by atoms with E-state index in [1.165, 1.54) is 12.0 Å². The smallest absolute Gasteiger partial charge is 0.278 e. The molecule has 8 heteroatoms. The van der Waals surface area contributed by atoms with Crippen molar-refractivity contribution in [3.05, 3.63) is 93.9 Å². The Balaban J connectivity index is 1.74. The number of carbonyl (C=O) groups is 2. The first-order chi connectivity index (χ1) is 15.0. The monoisotopic (exact) mass is 453 g/mol. The highest BCUT2D eigenvalue weighted by atomic mass is 35.5. The molecule has 31 heavy (non-hydrogen) atoms. The van der Waals surface area contributed by atoms with E-state index in [0.717, 1.165) is 5.56 Å². The van der Waals surface area contributed by atoms with E-state index in [2.05, 4.69) is 10.3 Å². The van der Waals surface area contributed by atoms with E-state index in [-0.39, 0.29) is 17.8 Å². The van der Waals surface area contributed by atoms with Crippen molar-refractivity contribution in [2.75, 3.05) is 12.4 Å². The normalized spacial score (nSPS) is 13.7. The highest BCUT2D eigenvalue weighted by Gasteiger charge is 2.39. The fourth-order valence-corrected chi connectivity index (χ4v) is 3.66. The lowest BCUT2D eigenvalue weighted by atomic mass is 10.0. The van der Waals surface area contributed by atoms with E-state index in [0.29, 0.717) is 27.0 Å². The number of nitrogens with zero attached hydrogens (tertiary/aromatic N) is 2. The summed E-state index contributed by atoms with van der Waals surface area (Å²) < 4.78 is 5.17. The Morgan fingerprint density at radius 2 is 1.68 bits per heavy atom. The van der Waals surface area contributed by atoms with Crippen molar-refractivity contribution >= 4 is 46.3 Å². The zero-order chi connectivity index (χ0) is 22.0. The maximum absolute atomic E-state index is 13.3. The lowest BCUT2D eigenvalue weighted by Crippen LogP contribution is -2.32. The molecule has 0 fully saturated rings. The largest absolute Gasteiger partial charge is 0.495 e. The van der Waals surface area contributed by atoms with Crippen LogP contribution in [-0.4, -0.2) is 28.8 Å². The molecular formula is C23H17Cl2N3O3. The molecular weight excluding hydrogens is 437 g/mol. The molecule has 2 amide bonds. The lowest BCUT2D eigenvalue weighted by molar-refractivity contribution is -0.137. The Morgan fingerprint density at radius 3 is 2.32 bits per heavy atom. The van der Waals surface area contributed by atoms with Crippen LogP contribution in [0.3, 0.4) is 0 Å². The number of hydrogen-bond acceptors (Lipinski definition) is 5. The number of rotatable bonds is 6. The van der Waals surface area contributed by atoms with Crippen LogP contribution in [0.1, 0.15) is 11.1 Å². The van der Waals surface area contributed by atoms with Crippen LogP contribution in [0.4, 0.5) is 5.69 Å². The molecule has 0 saturated heterocycles. The molecule has 0 atom stereocenters. The summed E-state index contributed by atoms with van der Waals surface area (Å²) in [6.07, 6.45) is 3.23. The number of ether oxygens (including phenoxy) is 1. The molecule has 0 radical (unpaired) electrons. The van der Waals surface area contributed by atoms with Gasteiger partial charge in [-0.2, -0.15) is 0 Å². The molecule has 1 aliphatic rings. The van der Waals surface area contributed by atoms with Gasteiger partial charge in [0.15, 0.2) is 0 Å². The Labute approximate surface area is 189 Å². The van der Waals surface area contributed by atoms with Crippen molar-refractivity contribution < 1.29 is 14.3 Å². The molecule has 0 aliphatic carbocycles. The topological polar surface area (TPSA) is 71.5 Å². The number of nitrogens with one attached hydrogen (secondary N) is 1. The molecule has 156 valence electrons. The van der Waals surface area contributed by atoms with Crippen molar-refractivity contribution in [3.8, 4) is 5.75 Å². The molecule has 1 aromatic heterocycles. The molecule has 0 bridgehead atoms. The van der Waals surface area contributed by atoms with E-state index in [1.54, 1.807) is 67.0 Å². The molecule has 0 unspecified atom stereocenters. The number of benzene rings is 2. The van der Waals surface area contributed by atoms with Crippen LogP contribution in [0.25, 0.3) is 5.57 Å². The predicted molar refractivity (Wildman–Crippen MR) is 120 cm³/mol. The van der Waals surface area contributed by atoms with Crippen LogP contribution in [0, 0.1) is 0 Å². The van der Waals surface area contributed by atoms with E-state index < -0.39 is 11.8 Å². The zero-order valence-corrected chi connectivity index (χ0v) is 17.9. The lowest BCUT2D eigenvalue weighted by Gasteiger charge is -2.15. The standard InChI is InChI=1S/C23H17Cl2N3O3/c1-31-19-7-6-17(12-18(19)25)27-21-20(15-2-4-16(24)5-3-15)22(29)28(23(21)30)13-14-8-10-26-11-9-14/h2-12,27H,13H2,1H3. The average Bonchev–Trinajstić information content (AvgIpc) is 3.00. The molecule has 2 aromatic carbocycles. The highest BCUT2D eigenvalue weighted by molar-refractivity contribution is 6.37. The average molecular weight is 454 g/mol. The van der Waals surface area contributed by atoms with Gasteiger partial charge in [0.25, 0.3) is 11.8 Å². The molecule has 4 rings (SSSR count). The fourth-order valence-electron chi connectivity index (χ4n) is 3.28. The summed E-state index contributed by atoms with van der Waals surface area (Å²) in [5.74, 6) is -0.322. The highest BCUT2D eigenvalue weighted by Crippen LogP contribution is 2.34. The van der Waals surface area contributed by atoms with Gasteiger partial charge in [0.1, 0.15) is 11.4 Å². The van der Waals surface area contributed by atoms with Crippen LogP contribution in [0.15, 0.2) is 72.7 Å². The SMILES string of the molecule is COc1ccc(NC2=C(c3ccc(Cl)cc3)C(=O)N(Cc3ccncc3)C2=O)cc1Cl. The minimum atomic E-state index is -0.432. The van der Waals surface area contributed by atoms with Crippen molar-refractivity contribution in [1.29, 1.82) is 0 Å².